The van der Waals surface area contributed by atoms with Crippen molar-refractivity contribution >= 4 is 29.3 Å². The third kappa shape index (κ3) is 6.36. The maximum absolute atomic E-state index is 12.3. The number of carbonyl (C=O) groups is 2. The summed E-state index contributed by atoms with van der Waals surface area (Å²) in [5.74, 6) is 0.763. The Balaban J connectivity index is 1.57. The molecule has 0 aliphatic carbocycles. The van der Waals surface area contributed by atoms with Crippen LogP contribution in [0, 0.1) is 0 Å². The van der Waals surface area contributed by atoms with Crippen molar-refractivity contribution < 1.29 is 14.3 Å². The van der Waals surface area contributed by atoms with Gasteiger partial charge in [0.2, 0.25) is 5.91 Å². The first-order valence-corrected chi connectivity index (χ1v) is 11.1. The van der Waals surface area contributed by atoms with Gasteiger partial charge in [0.1, 0.15) is 5.75 Å². The Morgan fingerprint density at radius 1 is 1.10 bits per heavy atom. The highest BCUT2D eigenvalue weighted by Crippen LogP contribution is 2.22. The molecule has 0 spiro atoms. The molecule has 0 saturated heterocycles. The van der Waals surface area contributed by atoms with Crippen LogP contribution in [-0.4, -0.2) is 40.8 Å². The number of carbonyl (C=O) groups excluding carboxylic acids is 2. The highest BCUT2D eigenvalue weighted by atomic mass is 32.2. The Bertz CT molecular complexity index is 1000. The molecule has 0 bridgehead atoms. The number of imidazole rings is 1. The largest absolute Gasteiger partial charge is 0.497 e. The maximum atomic E-state index is 12.3. The van der Waals surface area contributed by atoms with Gasteiger partial charge in [0, 0.05) is 35.9 Å². The van der Waals surface area contributed by atoms with E-state index in [2.05, 4.69) is 22.5 Å². The van der Waals surface area contributed by atoms with Crippen LogP contribution in [0.5, 0.6) is 5.75 Å². The summed E-state index contributed by atoms with van der Waals surface area (Å²) in [7, 11) is 1.60. The predicted molar refractivity (Wildman–Crippen MR) is 123 cm³/mol. The van der Waals surface area contributed by atoms with E-state index in [0.717, 1.165) is 24.3 Å². The Morgan fingerprint density at radius 2 is 1.84 bits per heavy atom. The number of nitrogens with one attached hydrogen (secondary N) is 2. The molecule has 0 atom stereocenters. The van der Waals surface area contributed by atoms with Gasteiger partial charge in [0.05, 0.1) is 12.9 Å². The van der Waals surface area contributed by atoms with Gasteiger partial charge in [0.25, 0.3) is 5.91 Å². The number of ether oxygens (including phenoxy) is 1. The summed E-state index contributed by atoms with van der Waals surface area (Å²) in [4.78, 5) is 28.8. The number of hydrogen-bond donors (Lipinski definition) is 2. The molecule has 3 rings (SSSR count). The van der Waals surface area contributed by atoms with E-state index in [1.165, 1.54) is 11.8 Å². The second kappa shape index (κ2) is 11.2. The first-order valence-electron chi connectivity index (χ1n) is 10.1. The van der Waals surface area contributed by atoms with Crippen molar-refractivity contribution in [3.63, 3.8) is 0 Å². The summed E-state index contributed by atoms with van der Waals surface area (Å²) < 4.78 is 7.01. The Morgan fingerprint density at radius 3 is 2.52 bits per heavy atom. The van der Waals surface area contributed by atoms with Gasteiger partial charge in [0.15, 0.2) is 5.16 Å². The average molecular weight is 439 g/mol. The lowest BCUT2D eigenvalue weighted by atomic mass is 10.2. The minimum Gasteiger partial charge on any atom is -0.497 e. The second-order valence-electron chi connectivity index (χ2n) is 6.80. The molecule has 8 heteroatoms. The van der Waals surface area contributed by atoms with Crippen LogP contribution in [0.1, 0.15) is 30.1 Å². The molecular formula is C23H26N4O3S. The third-order valence-corrected chi connectivity index (χ3v) is 5.50. The van der Waals surface area contributed by atoms with E-state index in [4.69, 9.17) is 4.74 Å². The Kier molecular flexibility index (Phi) is 8.12. The van der Waals surface area contributed by atoms with Gasteiger partial charge in [-0.25, -0.2) is 4.98 Å². The molecule has 0 radical (unpaired) electrons. The highest BCUT2D eigenvalue weighted by molar-refractivity contribution is 7.99. The van der Waals surface area contributed by atoms with Crippen LogP contribution < -0.4 is 15.4 Å². The van der Waals surface area contributed by atoms with Crippen molar-refractivity contribution in [1.82, 2.24) is 14.9 Å². The molecular weight excluding hydrogens is 412 g/mol. The summed E-state index contributed by atoms with van der Waals surface area (Å²) in [6, 6.07) is 14.5. The average Bonchev–Trinajstić information content (AvgIpc) is 3.27. The van der Waals surface area contributed by atoms with Crippen LogP contribution in [0.4, 0.5) is 5.69 Å². The number of hydrogen-bond acceptors (Lipinski definition) is 5. The number of unbranched alkanes of at least 4 members (excludes halogenated alkanes) is 1. The van der Waals surface area contributed by atoms with E-state index in [9.17, 15) is 9.59 Å². The Hall–Kier alpha value is -3.26. The fraction of sp³-hybridized carbons (Fsp3) is 0.261. The summed E-state index contributed by atoms with van der Waals surface area (Å²) in [5, 5.41) is 6.47. The monoisotopic (exact) mass is 438 g/mol. The van der Waals surface area contributed by atoms with Gasteiger partial charge < -0.3 is 15.4 Å². The summed E-state index contributed by atoms with van der Waals surface area (Å²) in [5.41, 5.74) is 2.20. The minimum atomic E-state index is -0.121. The van der Waals surface area contributed by atoms with Gasteiger partial charge in [-0.3, -0.25) is 14.2 Å². The molecule has 1 aromatic heterocycles. The van der Waals surface area contributed by atoms with E-state index in [1.54, 1.807) is 49.7 Å². The third-order valence-electron chi connectivity index (χ3n) is 4.54. The van der Waals surface area contributed by atoms with Crippen molar-refractivity contribution in [2.45, 2.75) is 24.9 Å². The zero-order valence-corrected chi connectivity index (χ0v) is 18.4. The molecule has 31 heavy (non-hydrogen) atoms. The molecule has 7 nitrogen and oxygen atoms in total. The van der Waals surface area contributed by atoms with Crippen molar-refractivity contribution in [2.24, 2.45) is 0 Å². The van der Waals surface area contributed by atoms with Gasteiger partial charge in [-0.05, 0) is 55.0 Å². The Labute approximate surface area is 186 Å². The van der Waals surface area contributed by atoms with Gasteiger partial charge >= 0.3 is 0 Å². The fourth-order valence-electron chi connectivity index (χ4n) is 2.85. The molecule has 1 heterocycles. The summed E-state index contributed by atoms with van der Waals surface area (Å²) in [6.45, 7) is 2.77. The highest BCUT2D eigenvalue weighted by Gasteiger charge is 2.11. The number of amides is 2. The van der Waals surface area contributed by atoms with E-state index in [-0.39, 0.29) is 17.6 Å². The lowest BCUT2D eigenvalue weighted by molar-refractivity contribution is -0.113. The number of aromatic nitrogens is 2. The number of benzene rings is 2. The van der Waals surface area contributed by atoms with Crippen LogP contribution in [0.2, 0.25) is 0 Å². The molecule has 2 aromatic carbocycles. The lowest BCUT2D eigenvalue weighted by Crippen LogP contribution is -2.24. The fourth-order valence-corrected chi connectivity index (χ4v) is 3.62. The van der Waals surface area contributed by atoms with E-state index in [1.807, 2.05) is 22.9 Å². The predicted octanol–water partition coefficient (Wildman–Crippen LogP) is 4.14. The van der Waals surface area contributed by atoms with Gasteiger partial charge in [-0.15, -0.1) is 0 Å². The quantitative estimate of drug-likeness (QED) is 0.367. The van der Waals surface area contributed by atoms with Crippen LogP contribution in [0.3, 0.4) is 0 Å². The van der Waals surface area contributed by atoms with Crippen LogP contribution in [0.25, 0.3) is 5.69 Å². The van der Waals surface area contributed by atoms with Crippen LogP contribution in [-0.2, 0) is 4.79 Å². The van der Waals surface area contributed by atoms with Crippen molar-refractivity contribution in [3.05, 3.63) is 66.5 Å². The topological polar surface area (TPSA) is 85.2 Å². The van der Waals surface area contributed by atoms with Crippen LogP contribution >= 0.6 is 11.8 Å². The normalized spacial score (nSPS) is 10.5. The van der Waals surface area contributed by atoms with E-state index < -0.39 is 0 Å². The zero-order valence-electron chi connectivity index (χ0n) is 17.6. The SMILES string of the molecule is CCCCNC(=O)c1ccc(-n2ccnc2SCC(=O)Nc2ccc(OC)cc2)cc1. The molecule has 162 valence electrons. The zero-order chi connectivity index (χ0) is 22.1. The molecule has 3 aromatic rings. The van der Waals surface area contributed by atoms with Crippen molar-refractivity contribution in [3.8, 4) is 11.4 Å². The van der Waals surface area contributed by atoms with Crippen molar-refractivity contribution in [2.75, 3.05) is 24.7 Å². The van der Waals surface area contributed by atoms with E-state index >= 15 is 0 Å². The molecule has 0 aliphatic rings. The number of thioether (sulfide) groups is 1. The molecule has 0 fully saturated rings. The molecule has 0 aliphatic heterocycles. The minimum absolute atomic E-state index is 0.0737. The molecule has 0 saturated carbocycles. The lowest BCUT2D eigenvalue weighted by Gasteiger charge is -2.09. The second-order valence-corrected chi connectivity index (χ2v) is 7.74. The number of anilines is 1. The molecule has 0 unspecified atom stereocenters. The smallest absolute Gasteiger partial charge is 0.251 e. The summed E-state index contributed by atoms with van der Waals surface area (Å²) in [6.07, 6.45) is 5.53. The molecule has 2 amide bonds. The van der Waals surface area contributed by atoms with Crippen molar-refractivity contribution in [1.29, 1.82) is 0 Å². The maximum Gasteiger partial charge on any atom is 0.251 e. The molecule has 2 N–H and O–H groups in total. The first kappa shape index (κ1) is 22.4. The first-order chi connectivity index (χ1) is 15.1. The van der Waals surface area contributed by atoms with Crippen LogP contribution in [0.15, 0.2) is 66.1 Å². The van der Waals surface area contributed by atoms with E-state index in [0.29, 0.717) is 23.0 Å². The number of nitrogens with zero attached hydrogens (tertiary/aromatic N) is 2. The number of methoxy groups -OCH3 is 1. The standard InChI is InChI=1S/C23H26N4O3S/c1-3-4-13-24-22(29)17-5-9-19(10-6-17)27-15-14-25-23(27)31-16-21(28)26-18-7-11-20(30-2)12-8-18/h5-12,14-15H,3-4,13,16H2,1-2H3,(H,24,29)(H,26,28). The van der Waals surface area contributed by atoms with Gasteiger partial charge in [-0.1, -0.05) is 25.1 Å². The summed E-state index contributed by atoms with van der Waals surface area (Å²) >= 11 is 1.34. The number of rotatable bonds is 10. The van der Waals surface area contributed by atoms with Gasteiger partial charge in [-0.2, -0.15) is 0 Å².